The van der Waals surface area contributed by atoms with Crippen LogP contribution in [0.4, 0.5) is 5.69 Å². The van der Waals surface area contributed by atoms with Crippen molar-refractivity contribution in [3.8, 4) is 0 Å². The van der Waals surface area contributed by atoms with E-state index in [-0.39, 0.29) is 18.0 Å². The molecule has 0 spiro atoms. The van der Waals surface area contributed by atoms with Crippen molar-refractivity contribution >= 4 is 28.6 Å². The average molecular weight is 416 g/mol. The predicted octanol–water partition coefficient (Wildman–Crippen LogP) is 3.74. The van der Waals surface area contributed by atoms with Crippen LogP contribution in [-0.2, 0) is 4.79 Å². The highest BCUT2D eigenvalue weighted by Crippen LogP contribution is 2.25. The Bertz CT molecular complexity index is 1060. The summed E-state index contributed by atoms with van der Waals surface area (Å²) in [6.45, 7) is 6.24. The van der Waals surface area contributed by atoms with Gasteiger partial charge in [0.05, 0.1) is 6.21 Å². The lowest BCUT2D eigenvalue weighted by atomic mass is 9.99. The number of fused-ring (bicyclic) bond motifs is 1. The Morgan fingerprint density at radius 3 is 2.52 bits per heavy atom. The molecule has 0 saturated carbocycles. The second-order valence-corrected chi connectivity index (χ2v) is 7.73. The van der Waals surface area contributed by atoms with E-state index in [4.69, 9.17) is 0 Å². The quantitative estimate of drug-likeness (QED) is 0.406. The molecule has 3 aromatic carbocycles. The van der Waals surface area contributed by atoms with E-state index < -0.39 is 0 Å². The number of hydrogen-bond acceptors (Lipinski definition) is 5. The second kappa shape index (κ2) is 9.73. The number of benzene rings is 3. The zero-order valence-electron chi connectivity index (χ0n) is 18.0. The van der Waals surface area contributed by atoms with Gasteiger partial charge in [0, 0.05) is 24.8 Å². The van der Waals surface area contributed by atoms with Crippen LogP contribution in [0, 0.1) is 0 Å². The first-order valence-electron chi connectivity index (χ1n) is 10.9. The second-order valence-electron chi connectivity index (χ2n) is 7.73. The van der Waals surface area contributed by atoms with Crippen LogP contribution >= 0.6 is 0 Å². The van der Waals surface area contributed by atoms with Crippen LogP contribution in [0.5, 0.6) is 0 Å². The van der Waals surface area contributed by atoms with Crippen LogP contribution in [0.25, 0.3) is 10.8 Å². The molecule has 2 unspecified atom stereocenters. The number of carbonyl (C=O) groups is 1. The van der Waals surface area contributed by atoms with Gasteiger partial charge >= 0.3 is 0 Å². The molecular weight excluding hydrogens is 386 g/mol. The van der Waals surface area contributed by atoms with Gasteiger partial charge in [-0.1, -0.05) is 48.5 Å². The van der Waals surface area contributed by atoms with Gasteiger partial charge in [0.1, 0.15) is 6.04 Å². The topological polar surface area (TPSA) is 68.8 Å². The molecule has 0 aliphatic carbocycles. The Kier molecular flexibility index (Phi) is 6.60. The molecule has 1 aliphatic heterocycles. The van der Waals surface area contributed by atoms with E-state index >= 15 is 0 Å². The Morgan fingerprint density at radius 2 is 1.77 bits per heavy atom. The van der Waals surface area contributed by atoms with Gasteiger partial charge in [0.15, 0.2) is 0 Å². The van der Waals surface area contributed by atoms with Gasteiger partial charge in [0.2, 0.25) is 0 Å². The van der Waals surface area contributed by atoms with Crippen molar-refractivity contribution in [3.63, 3.8) is 0 Å². The lowest BCUT2D eigenvalue weighted by molar-refractivity contribution is -0.122. The standard InChI is InChI=1S/C25H29N5O/c1-3-30(4-2)22-13-9-18(10-14-22)17-26-29-25(31)24-16-23(27-28-24)21-12-11-19-7-5-6-8-20(19)15-21/h5-15,17,23-24,27-28H,3-4,16H2,1-2H3,(H,29,31)/b26-17+. The maximum absolute atomic E-state index is 12.5. The van der Waals surface area contributed by atoms with Crippen molar-refractivity contribution < 1.29 is 4.79 Å². The summed E-state index contributed by atoms with van der Waals surface area (Å²) in [6, 6.07) is 22.6. The van der Waals surface area contributed by atoms with Crippen LogP contribution in [0.2, 0.25) is 0 Å². The molecule has 6 heteroatoms. The van der Waals surface area contributed by atoms with Gasteiger partial charge in [-0.2, -0.15) is 5.10 Å². The molecule has 31 heavy (non-hydrogen) atoms. The van der Waals surface area contributed by atoms with Gasteiger partial charge in [-0.25, -0.2) is 16.3 Å². The minimum atomic E-state index is -0.335. The molecule has 0 bridgehead atoms. The van der Waals surface area contributed by atoms with Crippen molar-refractivity contribution in [2.24, 2.45) is 5.10 Å². The number of nitrogens with zero attached hydrogens (tertiary/aromatic N) is 2. The number of amides is 1. The number of carbonyl (C=O) groups excluding carboxylic acids is 1. The number of hydrazone groups is 1. The Morgan fingerprint density at radius 1 is 1.03 bits per heavy atom. The predicted molar refractivity (Wildman–Crippen MR) is 127 cm³/mol. The van der Waals surface area contributed by atoms with Crippen molar-refractivity contribution in [1.29, 1.82) is 0 Å². The highest BCUT2D eigenvalue weighted by atomic mass is 16.2. The van der Waals surface area contributed by atoms with Crippen LogP contribution in [-0.4, -0.2) is 31.3 Å². The van der Waals surface area contributed by atoms with Crippen molar-refractivity contribution in [3.05, 3.63) is 77.9 Å². The first kappa shape index (κ1) is 21.0. The molecule has 3 aromatic rings. The van der Waals surface area contributed by atoms with E-state index in [1.54, 1.807) is 6.21 Å². The summed E-state index contributed by atoms with van der Waals surface area (Å²) < 4.78 is 0. The van der Waals surface area contributed by atoms with E-state index in [2.05, 4.69) is 82.6 Å². The minimum Gasteiger partial charge on any atom is -0.372 e. The SMILES string of the molecule is CCN(CC)c1ccc(/C=N/NC(=O)C2CC(c3ccc4ccccc4c3)NN2)cc1. The molecule has 0 radical (unpaired) electrons. The molecule has 3 N–H and O–H groups in total. The molecule has 1 fully saturated rings. The third kappa shape index (κ3) is 4.93. The average Bonchev–Trinajstić information content (AvgIpc) is 3.31. The Balaban J connectivity index is 1.32. The number of rotatable bonds is 7. The fourth-order valence-corrected chi connectivity index (χ4v) is 3.98. The lowest BCUT2D eigenvalue weighted by Crippen LogP contribution is -2.41. The number of hydrazine groups is 1. The third-order valence-electron chi connectivity index (χ3n) is 5.81. The molecule has 2 atom stereocenters. The van der Waals surface area contributed by atoms with E-state index in [0.717, 1.165) is 18.7 Å². The van der Waals surface area contributed by atoms with Gasteiger partial charge in [-0.3, -0.25) is 4.79 Å². The fourth-order valence-electron chi connectivity index (χ4n) is 3.98. The lowest BCUT2D eigenvalue weighted by Gasteiger charge is -2.20. The highest BCUT2D eigenvalue weighted by Gasteiger charge is 2.30. The number of nitrogens with one attached hydrogen (secondary N) is 3. The molecule has 1 heterocycles. The molecule has 1 amide bonds. The zero-order chi connectivity index (χ0) is 21.6. The Hall–Kier alpha value is -3.22. The summed E-state index contributed by atoms with van der Waals surface area (Å²) in [6.07, 6.45) is 2.34. The van der Waals surface area contributed by atoms with Gasteiger partial charge in [-0.15, -0.1) is 0 Å². The molecule has 4 rings (SSSR count). The third-order valence-corrected chi connectivity index (χ3v) is 5.81. The first-order chi connectivity index (χ1) is 15.2. The van der Waals surface area contributed by atoms with Crippen LogP contribution in [0.15, 0.2) is 71.8 Å². The van der Waals surface area contributed by atoms with Crippen molar-refractivity contribution in [2.45, 2.75) is 32.4 Å². The maximum Gasteiger partial charge on any atom is 0.258 e. The molecule has 6 nitrogen and oxygen atoms in total. The largest absolute Gasteiger partial charge is 0.372 e. The normalized spacial score (nSPS) is 18.5. The first-order valence-corrected chi connectivity index (χ1v) is 10.9. The summed E-state index contributed by atoms with van der Waals surface area (Å²) in [5.74, 6) is -0.146. The summed E-state index contributed by atoms with van der Waals surface area (Å²) in [5, 5.41) is 6.55. The summed E-state index contributed by atoms with van der Waals surface area (Å²) >= 11 is 0. The molecule has 160 valence electrons. The summed E-state index contributed by atoms with van der Waals surface area (Å²) in [5.41, 5.74) is 12.3. The maximum atomic E-state index is 12.5. The number of hydrogen-bond donors (Lipinski definition) is 3. The van der Waals surface area contributed by atoms with Gasteiger partial charge < -0.3 is 4.90 Å². The summed E-state index contributed by atoms with van der Waals surface area (Å²) in [7, 11) is 0. The van der Waals surface area contributed by atoms with E-state index in [0.29, 0.717) is 6.42 Å². The highest BCUT2D eigenvalue weighted by molar-refractivity contribution is 5.86. The van der Waals surface area contributed by atoms with E-state index in [1.165, 1.54) is 22.0 Å². The molecule has 1 saturated heterocycles. The van der Waals surface area contributed by atoms with E-state index in [9.17, 15) is 4.79 Å². The van der Waals surface area contributed by atoms with Crippen molar-refractivity contribution in [2.75, 3.05) is 18.0 Å². The smallest absolute Gasteiger partial charge is 0.258 e. The van der Waals surface area contributed by atoms with Gasteiger partial charge in [-0.05, 0) is 60.4 Å². The Labute approximate surface area is 183 Å². The van der Waals surface area contributed by atoms with Gasteiger partial charge in [0.25, 0.3) is 5.91 Å². The zero-order valence-corrected chi connectivity index (χ0v) is 18.0. The monoisotopic (exact) mass is 415 g/mol. The molecule has 0 aromatic heterocycles. The summed E-state index contributed by atoms with van der Waals surface area (Å²) in [4.78, 5) is 14.8. The minimum absolute atomic E-state index is 0.0805. The van der Waals surface area contributed by atoms with Crippen LogP contribution < -0.4 is 21.2 Å². The molecule has 1 aliphatic rings. The van der Waals surface area contributed by atoms with Crippen LogP contribution in [0.3, 0.4) is 0 Å². The van der Waals surface area contributed by atoms with E-state index in [1.807, 2.05) is 24.3 Å². The number of anilines is 1. The fraction of sp³-hybridized carbons (Fsp3) is 0.280. The molecular formula is C25H29N5O. The van der Waals surface area contributed by atoms with Crippen molar-refractivity contribution in [1.82, 2.24) is 16.3 Å². The van der Waals surface area contributed by atoms with Crippen LogP contribution in [0.1, 0.15) is 37.4 Å².